The normalized spacial score (nSPS) is 10.3. The van der Waals surface area contributed by atoms with E-state index < -0.39 is 5.97 Å². The second kappa shape index (κ2) is 5.33. The Kier molecular flexibility index (Phi) is 3.76. The molecule has 0 saturated heterocycles. The molecule has 1 N–H and O–H groups in total. The number of hydrogen-bond donors (Lipinski definition) is 1. The summed E-state index contributed by atoms with van der Waals surface area (Å²) in [5.41, 5.74) is 2.07. The number of hydrogen-bond acceptors (Lipinski definition) is 2. The van der Waals surface area contributed by atoms with Crippen LogP contribution in [0.3, 0.4) is 0 Å². The molecule has 4 heteroatoms. The van der Waals surface area contributed by atoms with Crippen molar-refractivity contribution in [3.05, 3.63) is 58.1 Å². The van der Waals surface area contributed by atoms with E-state index in [-0.39, 0.29) is 5.56 Å². The van der Waals surface area contributed by atoms with Gasteiger partial charge in [0, 0.05) is 0 Å². The van der Waals surface area contributed by atoms with E-state index in [0.29, 0.717) is 16.5 Å². The fourth-order valence-corrected chi connectivity index (χ4v) is 1.92. The van der Waals surface area contributed by atoms with Gasteiger partial charge in [-0.05, 0) is 49.2 Å². The summed E-state index contributed by atoms with van der Waals surface area (Å²) in [7, 11) is 0. The van der Waals surface area contributed by atoms with E-state index in [1.54, 1.807) is 24.3 Å². The van der Waals surface area contributed by atoms with Gasteiger partial charge >= 0.3 is 5.97 Å². The second-order valence-electron chi connectivity index (χ2n) is 4.32. The lowest BCUT2D eigenvalue weighted by molar-refractivity contribution is 0.0696. The lowest BCUT2D eigenvalue weighted by atomic mass is 10.1. The Balaban J connectivity index is 2.37. The molecule has 3 nitrogen and oxygen atoms in total. The molecule has 0 amide bonds. The van der Waals surface area contributed by atoms with Crippen molar-refractivity contribution in [1.29, 1.82) is 0 Å². The molecule has 0 saturated carbocycles. The fourth-order valence-electron chi connectivity index (χ4n) is 1.65. The standard InChI is InChI=1S/C15H13ClO3/c1-9-3-6-13(12(16)7-9)19-14-8-11(15(17)18)5-4-10(14)2/h3-8H,1-2H3,(H,17,18). The smallest absolute Gasteiger partial charge is 0.335 e. The molecule has 98 valence electrons. The van der Waals surface area contributed by atoms with Crippen molar-refractivity contribution in [1.82, 2.24) is 0 Å². The van der Waals surface area contributed by atoms with Gasteiger partial charge in [0.1, 0.15) is 11.5 Å². The van der Waals surface area contributed by atoms with Gasteiger partial charge < -0.3 is 9.84 Å². The van der Waals surface area contributed by atoms with Crippen LogP contribution < -0.4 is 4.74 Å². The van der Waals surface area contributed by atoms with Crippen LogP contribution in [0.25, 0.3) is 0 Å². The highest BCUT2D eigenvalue weighted by atomic mass is 35.5. The number of carboxylic acids is 1. The predicted octanol–water partition coefficient (Wildman–Crippen LogP) is 4.45. The van der Waals surface area contributed by atoms with Gasteiger partial charge in [0.2, 0.25) is 0 Å². The maximum atomic E-state index is 10.9. The number of carbonyl (C=O) groups is 1. The van der Waals surface area contributed by atoms with E-state index in [0.717, 1.165) is 11.1 Å². The number of aromatic carboxylic acids is 1. The summed E-state index contributed by atoms with van der Waals surface area (Å²) in [5, 5.41) is 9.48. The van der Waals surface area contributed by atoms with Crippen molar-refractivity contribution < 1.29 is 14.6 Å². The highest BCUT2D eigenvalue weighted by molar-refractivity contribution is 6.32. The van der Waals surface area contributed by atoms with Gasteiger partial charge in [0.25, 0.3) is 0 Å². The predicted molar refractivity (Wildman–Crippen MR) is 74.4 cm³/mol. The molecule has 0 aliphatic rings. The maximum absolute atomic E-state index is 10.9. The number of aryl methyl sites for hydroxylation is 2. The fraction of sp³-hybridized carbons (Fsp3) is 0.133. The first kappa shape index (κ1) is 13.4. The Morgan fingerprint density at radius 3 is 2.47 bits per heavy atom. The zero-order chi connectivity index (χ0) is 14.0. The van der Waals surface area contributed by atoms with Gasteiger partial charge in [-0.15, -0.1) is 0 Å². The zero-order valence-electron chi connectivity index (χ0n) is 10.6. The molecular formula is C15H13ClO3. The minimum absolute atomic E-state index is 0.184. The third-order valence-electron chi connectivity index (χ3n) is 2.74. The van der Waals surface area contributed by atoms with E-state index in [9.17, 15) is 4.79 Å². The van der Waals surface area contributed by atoms with Crippen LogP contribution in [0.15, 0.2) is 36.4 Å². The number of halogens is 1. The first-order chi connectivity index (χ1) is 8.97. The van der Waals surface area contributed by atoms with Gasteiger partial charge in [-0.25, -0.2) is 4.79 Å². The van der Waals surface area contributed by atoms with Crippen LogP contribution in [-0.4, -0.2) is 11.1 Å². The summed E-state index contributed by atoms with van der Waals surface area (Å²) in [6, 6.07) is 10.2. The van der Waals surface area contributed by atoms with Crippen molar-refractivity contribution in [2.24, 2.45) is 0 Å². The van der Waals surface area contributed by atoms with Crippen molar-refractivity contribution in [3.63, 3.8) is 0 Å². The van der Waals surface area contributed by atoms with Crippen molar-refractivity contribution in [2.75, 3.05) is 0 Å². The van der Waals surface area contributed by atoms with Crippen LogP contribution >= 0.6 is 11.6 Å². The molecule has 2 aromatic carbocycles. The Labute approximate surface area is 116 Å². The average Bonchev–Trinajstić information content (AvgIpc) is 2.34. The SMILES string of the molecule is Cc1ccc(Oc2cc(C(=O)O)ccc2C)c(Cl)c1. The molecule has 0 heterocycles. The van der Waals surface area contributed by atoms with E-state index in [1.807, 2.05) is 19.9 Å². The Morgan fingerprint density at radius 1 is 1.11 bits per heavy atom. The molecule has 0 aliphatic carbocycles. The van der Waals surface area contributed by atoms with Crippen LogP contribution in [0.2, 0.25) is 5.02 Å². The molecule has 0 radical (unpaired) electrons. The van der Waals surface area contributed by atoms with Gasteiger partial charge in [-0.1, -0.05) is 23.7 Å². The molecule has 0 fully saturated rings. The third-order valence-corrected chi connectivity index (χ3v) is 3.04. The summed E-state index contributed by atoms with van der Waals surface area (Å²) < 4.78 is 5.69. The Hall–Kier alpha value is -2.00. The molecule has 0 atom stereocenters. The van der Waals surface area contributed by atoms with Crippen LogP contribution in [0.1, 0.15) is 21.5 Å². The average molecular weight is 277 g/mol. The zero-order valence-corrected chi connectivity index (χ0v) is 11.4. The summed E-state index contributed by atoms with van der Waals surface area (Å²) in [4.78, 5) is 10.9. The molecular weight excluding hydrogens is 264 g/mol. The molecule has 0 unspecified atom stereocenters. The number of ether oxygens (including phenoxy) is 1. The summed E-state index contributed by atoms with van der Waals surface area (Å²) in [6.07, 6.45) is 0. The minimum Gasteiger partial charge on any atom is -0.478 e. The van der Waals surface area contributed by atoms with Gasteiger partial charge in [0.05, 0.1) is 10.6 Å². The van der Waals surface area contributed by atoms with Crippen molar-refractivity contribution >= 4 is 17.6 Å². The lowest BCUT2D eigenvalue weighted by Gasteiger charge is -2.11. The van der Waals surface area contributed by atoms with Crippen LogP contribution in [0.4, 0.5) is 0 Å². The highest BCUT2D eigenvalue weighted by Gasteiger charge is 2.09. The van der Waals surface area contributed by atoms with Gasteiger partial charge in [-0.2, -0.15) is 0 Å². The molecule has 0 aliphatic heterocycles. The third kappa shape index (κ3) is 3.06. The minimum atomic E-state index is -0.986. The maximum Gasteiger partial charge on any atom is 0.335 e. The topological polar surface area (TPSA) is 46.5 Å². The van der Waals surface area contributed by atoms with Crippen LogP contribution in [-0.2, 0) is 0 Å². The molecule has 2 rings (SSSR count). The number of rotatable bonds is 3. The highest BCUT2D eigenvalue weighted by Crippen LogP contribution is 2.32. The summed E-state index contributed by atoms with van der Waals surface area (Å²) >= 11 is 6.09. The number of benzene rings is 2. The largest absolute Gasteiger partial charge is 0.478 e. The quantitative estimate of drug-likeness (QED) is 0.901. The second-order valence-corrected chi connectivity index (χ2v) is 4.73. The molecule has 0 aromatic heterocycles. The van der Waals surface area contributed by atoms with E-state index in [1.165, 1.54) is 6.07 Å². The molecule has 19 heavy (non-hydrogen) atoms. The first-order valence-corrected chi connectivity index (χ1v) is 6.13. The monoisotopic (exact) mass is 276 g/mol. The molecule has 0 spiro atoms. The van der Waals surface area contributed by atoms with Crippen LogP contribution in [0.5, 0.6) is 11.5 Å². The van der Waals surface area contributed by atoms with Crippen molar-refractivity contribution in [2.45, 2.75) is 13.8 Å². The first-order valence-electron chi connectivity index (χ1n) is 5.75. The lowest BCUT2D eigenvalue weighted by Crippen LogP contribution is -1.98. The Bertz CT molecular complexity index is 635. The van der Waals surface area contributed by atoms with E-state index in [2.05, 4.69) is 0 Å². The van der Waals surface area contributed by atoms with E-state index in [4.69, 9.17) is 21.4 Å². The molecule has 0 bridgehead atoms. The molecule has 2 aromatic rings. The number of carboxylic acid groups (broad SMARTS) is 1. The summed E-state index contributed by atoms with van der Waals surface area (Å²) in [5.74, 6) is 0.0170. The van der Waals surface area contributed by atoms with Crippen LogP contribution in [0, 0.1) is 13.8 Å². The van der Waals surface area contributed by atoms with Gasteiger partial charge in [-0.3, -0.25) is 0 Å². The van der Waals surface area contributed by atoms with Gasteiger partial charge in [0.15, 0.2) is 0 Å². The van der Waals surface area contributed by atoms with E-state index >= 15 is 0 Å². The van der Waals surface area contributed by atoms with Crippen molar-refractivity contribution in [3.8, 4) is 11.5 Å². The summed E-state index contributed by atoms with van der Waals surface area (Å²) in [6.45, 7) is 3.79. The Morgan fingerprint density at radius 2 is 1.84 bits per heavy atom.